The average molecular weight is 381 g/mol. The van der Waals surface area contributed by atoms with Crippen molar-refractivity contribution in [2.45, 2.75) is 0 Å². The van der Waals surface area contributed by atoms with Crippen LogP contribution >= 0.6 is 0 Å². The maximum atomic E-state index is 12.2. The maximum absolute atomic E-state index is 12.2. The Labute approximate surface area is 161 Å². The number of carbonyl (C=O) groups is 1. The van der Waals surface area contributed by atoms with Crippen molar-refractivity contribution in [3.05, 3.63) is 54.4 Å². The van der Waals surface area contributed by atoms with E-state index in [-0.39, 0.29) is 5.91 Å². The van der Waals surface area contributed by atoms with Crippen molar-refractivity contribution >= 4 is 17.7 Å². The molecule has 3 rings (SSSR count). The number of aromatic nitrogens is 4. The minimum Gasteiger partial charge on any atom is -0.493 e. The SMILES string of the molecule is COc1cc(/C=C/C(=O)Nc2ccc(-n3cnnn3)cc2)cc(OC)c1OC. The largest absolute Gasteiger partial charge is 0.493 e. The number of ether oxygens (including phenoxy) is 3. The summed E-state index contributed by atoms with van der Waals surface area (Å²) in [5.74, 6) is 1.25. The van der Waals surface area contributed by atoms with E-state index in [1.165, 1.54) is 38.4 Å². The van der Waals surface area contributed by atoms with E-state index in [2.05, 4.69) is 20.8 Å². The summed E-state index contributed by atoms with van der Waals surface area (Å²) in [4.78, 5) is 12.2. The van der Waals surface area contributed by atoms with Gasteiger partial charge in [0.05, 0.1) is 27.0 Å². The fourth-order valence-corrected chi connectivity index (χ4v) is 2.53. The van der Waals surface area contributed by atoms with Gasteiger partial charge >= 0.3 is 0 Å². The van der Waals surface area contributed by atoms with Crippen LogP contribution in [0.1, 0.15) is 5.56 Å². The molecule has 9 nitrogen and oxygen atoms in total. The summed E-state index contributed by atoms with van der Waals surface area (Å²) < 4.78 is 17.4. The molecular weight excluding hydrogens is 362 g/mol. The number of tetrazole rings is 1. The quantitative estimate of drug-likeness (QED) is 0.627. The molecule has 0 aliphatic heterocycles. The van der Waals surface area contributed by atoms with Crippen LogP contribution in [0.25, 0.3) is 11.8 Å². The lowest BCUT2D eigenvalue weighted by Crippen LogP contribution is -2.07. The third kappa shape index (κ3) is 4.26. The molecule has 0 fully saturated rings. The van der Waals surface area contributed by atoms with Crippen LogP contribution in [0.5, 0.6) is 17.2 Å². The first-order chi connectivity index (χ1) is 13.6. The molecule has 0 unspecified atom stereocenters. The van der Waals surface area contributed by atoms with E-state index in [1.54, 1.807) is 42.5 Å². The van der Waals surface area contributed by atoms with Gasteiger partial charge in [0, 0.05) is 11.8 Å². The Morgan fingerprint density at radius 2 is 1.71 bits per heavy atom. The average Bonchev–Trinajstić information content (AvgIpc) is 3.26. The monoisotopic (exact) mass is 381 g/mol. The van der Waals surface area contributed by atoms with Gasteiger partial charge in [0.2, 0.25) is 11.7 Å². The Morgan fingerprint density at radius 1 is 1.04 bits per heavy atom. The van der Waals surface area contributed by atoms with Crippen LogP contribution in [0.2, 0.25) is 0 Å². The zero-order chi connectivity index (χ0) is 19.9. The lowest BCUT2D eigenvalue weighted by Gasteiger charge is -2.12. The smallest absolute Gasteiger partial charge is 0.248 e. The zero-order valence-electron chi connectivity index (χ0n) is 15.6. The number of hydrogen-bond donors (Lipinski definition) is 1. The Kier molecular flexibility index (Phi) is 5.85. The van der Waals surface area contributed by atoms with Gasteiger partial charge in [-0.15, -0.1) is 5.10 Å². The fourth-order valence-electron chi connectivity index (χ4n) is 2.53. The third-order valence-corrected chi connectivity index (χ3v) is 3.86. The van der Waals surface area contributed by atoms with E-state index in [9.17, 15) is 4.79 Å². The molecule has 3 aromatic rings. The Balaban J connectivity index is 1.70. The molecule has 0 bridgehead atoms. The van der Waals surface area contributed by atoms with E-state index < -0.39 is 0 Å². The van der Waals surface area contributed by atoms with Gasteiger partial charge in [0.1, 0.15) is 6.33 Å². The predicted octanol–water partition coefficient (Wildman–Crippen LogP) is 2.34. The van der Waals surface area contributed by atoms with Crippen LogP contribution in [-0.4, -0.2) is 47.4 Å². The molecule has 1 N–H and O–H groups in total. The van der Waals surface area contributed by atoms with Crippen molar-refractivity contribution in [2.24, 2.45) is 0 Å². The molecule has 1 heterocycles. The fraction of sp³-hybridized carbons (Fsp3) is 0.158. The zero-order valence-corrected chi connectivity index (χ0v) is 15.6. The number of nitrogens with one attached hydrogen (secondary N) is 1. The summed E-state index contributed by atoms with van der Waals surface area (Å²) in [5.41, 5.74) is 2.17. The van der Waals surface area contributed by atoms with Gasteiger partial charge in [-0.25, -0.2) is 4.68 Å². The molecule has 0 aliphatic carbocycles. The first kappa shape index (κ1) is 18.9. The molecule has 1 amide bonds. The number of benzene rings is 2. The number of methoxy groups -OCH3 is 3. The van der Waals surface area contributed by atoms with E-state index in [1.807, 2.05) is 0 Å². The van der Waals surface area contributed by atoms with Gasteiger partial charge in [-0.1, -0.05) is 0 Å². The van der Waals surface area contributed by atoms with Gasteiger partial charge in [-0.05, 0) is 58.5 Å². The minimum absolute atomic E-state index is 0.274. The molecule has 28 heavy (non-hydrogen) atoms. The molecule has 1 aromatic heterocycles. The van der Waals surface area contributed by atoms with Crippen molar-refractivity contribution in [2.75, 3.05) is 26.6 Å². The summed E-state index contributed by atoms with van der Waals surface area (Å²) in [6.07, 6.45) is 4.58. The molecule has 0 radical (unpaired) electrons. The Morgan fingerprint density at radius 3 is 2.25 bits per heavy atom. The van der Waals surface area contributed by atoms with E-state index >= 15 is 0 Å². The maximum Gasteiger partial charge on any atom is 0.248 e. The van der Waals surface area contributed by atoms with Gasteiger partial charge in [0.15, 0.2) is 11.5 Å². The second-order valence-electron chi connectivity index (χ2n) is 5.58. The van der Waals surface area contributed by atoms with Crippen molar-refractivity contribution < 1.29 is 19.0 Å². The molecule has 9 heteroatoms. The van der Waals surface area contributed by atoms with Crippen LogP contribution in [0.15, 0.2) is 48.8 Å². The Bertz CT molecular complexity index is 943. The number of anilines is 1. The van der Waals surface area contributed by atoms with Gasteiger partial charge < -0.3 is 19.5 Å². The topological polar surface area (TPSA) is 100 Å². The van der Waals surface area contributed by atoms with Crippen LogP contribution in [0, 0.1) is 0 Å². The normalized spacial score (nSPS) is 10.7. The van der Waals surface area contributed by atoms with Crippen molar-refractivity contribution in [1.82, 2.24) is 20.2 Å². The molecule has 0 saturated carbocycles. The standard InChI is InChI=1S/C19H19N5O4/c1-26-16-10-13(11-17(27-2)19(16)28-3)4-9-18(25)21-14-5-7-15(8-6-14)24-12-20-22-23-24/h4-12H,1-3H3,(H,21,25)/b9-4+. The lowest BCUT2D eigenvalue weighted by atomic mass is 10.1. The number of amides is 1. The first-order valence-electron chi connectivity index (χ1n) is 8.27. The lowest BCUT2D eigenvalue weighted by molar-refractivity contribution is -0.111. The van der Waals surface area contributed by atoms with E-state index in [0.29, 0.717) is 22.9 Å². The van der Waals surface area contributed by atoms with Gasteiger partial charge in [-0.3, -0.25) is 4.79 Å². The van der Waals surface area contributed by atoms with Crippen LogP contribution in [-0.2, 0) is 4.79 Å². The van der Waals surface area contributed by atoms with Crippen LogP contribution in [0.4, 0.5) is 5.69 Å². The number of carbonyl (C=O) groups excluding carboxylic acids is 1. The number of nitrogens with zero attached hydrogens (tertiary/aromatic N) is 4. The molecule has 2 aromatic carbocycles. The molecule has 0 spiro atoms. The second-order valence-corrected chi connectivity index (χ2v) is 5.58. The summed E-state index contributed by atoms with van der Waals surface area (Å²) in [6, 6.07) is 10.6. The highest BCUT2D eigenvalue weighted by molar-refractivity contribution is 6.02. The van der Waals surface area contributed by atoms with Gasteiger partial charge in [0.25, 0.3) is 0 Å². The predicted molar refractivity (Wildman–Crippen MR) is 103 cm³/mol. The first-order valence-corrected chi connectivity index (χ1v) is 8.27. The third-order valence-electron chi connectivity index (χ3n) is 3.86. The summed E-state index contributed by atoms with van der Waals surface area (Å²) in [7, 11) is 4.61. The van der Waals surface area contributed by atoms with E-state index in [0.717, 1.165) is 11.3 Å². The van der Waals surface area contributed by atoms with Crippen molar-refractivity contribution in [3.8, 4) is 22.9 Å². The Hall–Kier alpha value is -3.88. The second kappa shape index (κ2) is 8.67. The number of rotatable bonds is 7. The summed E-state index contributed by atoms with van der Waals surface area (Å²) >= 11 is 0. The summed E-state index contributed by atoms with van der Waals surface area (Å²) in [5, 5.41) is 13.8. The summed E-state index contributed by atoms with van der Waals surface area (Å²) in [6.45, 7) is 0. The molecular formula is C19H19N5O4. The highest BCUT2D eigenvalue weighted by Crippen LogP contribution is 2.38. The van der Waals surface area contributed by atoms with Gasteiger partial charge in [-0.2, -0.15) is 0 Å². The highest BCUT2D eigenvalue weighted by atomic mass is 16.5. The molecule has 0 aliphatic rings. The van der Waals surface area contributed by atoms with E-state index in [4.69, 9.17) is 14.2 Å². The van der Waals surface area contributed by atoms with Crippen LogP contribution in [0.3, 0.4) is 0 Å². The van der Waals surface area contributed by atoms with Crippen molar-refractivity contribution in [3.63, 3.8) is 0 Å². The highest BCUT2D eigenvalue weighted by Gasteiger charge is 2.12. The number of hydrogen-bond acceptors (Lipinski definition) is 7. The molecule has 0 atom stereocenters. The minimum atomic E-state index is -0.274. The van der Waals surface area contributed by atoms with Crippen molar-refractivity contribution in [1.29, 1.82) is 0 Å². The van der Waals surface area contributed by atoms with Crippen LogP contribution < -0.4 is 19.5 Å². The molecule has 0 saturated heterocycles. The molecule has 144 valence electrons.